The smallest absolute Gasteiger partial charge is 0.240 e. The second-order valence-corrected chi connectivity index (χ2v) is 4.12. The minimum Gasteiger partial charge on any atom is -0.335 e. The zero-order valence-electron chi connectivity index (χ0n) is 9.68. The van der Waals surface area contributed by atoms with Gasteiger partial charge in [-0.05, 0) is 38.1 Å². The van der Waals surface area contributed by atoms with Crippen LogP contribution in [0, 0.1) is 0 Å². The molecule has 1 aromatic rings. The minimum absolute atomic E-state index is 0.00992. The van der Waals surface area contributed by atoms with Gasteiger partial charge in [-0.15, -0.1) is 0 Å². The lowest BCUT2D eigenvalue weighted by Crippen LogP contribution is -2.37. The number of carbonyl (C=O) groups is 1. The van der Waals surface area contributed by atoms with Crippen LogP contribution in [0.3, 0.4) is 0 Å². The molecule has 1 aromatic heterocycles. The number of likely N-dealkylation sites (N-methyl/N-ethyl adjacent to an activating group) is 1. The number of carbonyl (C=O) groups excluding carboxylic acids is 1. The van der Waals surface area contributed by atoms with Gasteiger partial charge in [-0.3, -0.25) is 9.78 Å². The van der Waals surface area contributed by atoms with Gasteiger partial charge in [0.05, 0.1) is 12.1 Å². The van der Waals surface area contributed by atoms with E-state index in [1.807, 2.05) is 24.1 Å². The van der Waals surface area contributed by atoms with E-state index in [1.54, 1.807) is 12.4 Å². The topological polar surface area (TPSA) is 45.2 Å². The lowest BCUT2D eigenvalue weighted by atomic mass is 10.1. The molecule has 86 valence electrons. The zero-order valence-corrected chi connectivity index (χ0v) is 9.68. The number of likely N-dealkylation sites (tertiary alicyclic amines) is 1. The number of nitrogens with zero attached hydrogens (tertiary/aromatic N) is 2. The predicted molar refractivity (Wildman–Crippen MR) is 61.8 cm³/mol. The van der Waals surface area contributed by atoms with Crippen LogP contribution in [0.25, 0.3) is 0 Å². The summed E-state index contributed by atoms with van der Waals surface area (Å²) in [5, 5.41) is 3.05. The highest BCUT2D eigenvalue weighted by atomic mass is 16.2. The first-order valence-corrected chi connectivity index (χ1v) is 5.61. The first-order valence-electron chi connectivity index (χ1n) is 5.61. The lowest BCUT2D eigenvalue weighted by molar-refractivity contribution is -0.131. The van der Waals surface area contributed by atoms with Gasteiger partial charge in [0.1, 0.15) is 0 Å². The van der Waals surface area contributed by atoms with Gasteiger partial charge in [0.2, 0.25) is 5.91 Å². The molecule has 0 saturated carbocycles. The molecule has 0 bridgehead atoms. The highest BCUT2D eigenvalue weighted by Crippen LogP contribution is 2.24. The minimum atomic E-state index is -0.00992. The van der Waals surface area contributed by atoms with E-state index in [0.717, 1.165) is 18.5 Å². The van der Waals surface area contributed by atoms with E-state index in [1.165, 1.54) is 0 Å². The molecule has 1 saturated heterocycles. The molecular weight excluding hydrogens is 202 g/mol. The van der Waals surface area contributed by atoms with Gasteiger partial charge in [0.15, 0.2) is 0 Å². The maximum atomic E-state index is 12.0. The van der Waals surface area contributed by atoms with Crippen LogP contribution in [0.5, 0.6) is 0 Å². The van der Waals surface area contributed by atoms with Crippen LogP contribution in [-0.2, 0) is 4.79 Å². The molecule has 1 aliphatic heterocycles. The average molecular weight is 219 g/mol. The molecule has 4 nitrogen and oxygen atoms in total. The van der Waals surface area contributed by atoms with E-state index < -0.39 is 0 Å². The summed E-state index contributed by atoms with van der Waals surface area (Å²) in [5.41, 5.74) is 1.14. The Balaban J connectivity index is 2.12. The fourth-order valence-electron chi connectivity index (χ4n) is 2.18. The van der Waals surface area contributed by atoms with Crippen molar-refractivity contribution in [1.29, 1.82) is 0 Å². The van der Waals surface area contributed by atoms with Gasteiger partial charge >= 0.3 is 0 Å². The molecule has 4 heteroatoms. The number of hydrogen-bond donors (Lipinski definition) is 1. The van der Waals surface area contributed by atoms with Crippen LogP contribution in [-0.4, -0.2) is 35.4 Å². The molecule has 2 heterocycles. The standard InChI is InChI=1S/C12H17N3O/c1-9(10-3-6-14-7-4-10)15-8-5-11(13-2)12(15)16/h3-4,6-7,9,11,13H,5,8H2,1-2H3. The van der Waals surface area contributed by atoms with E-state index in [9.17, 15) is 4.79 Å². The molecule has 1 N–H and O–H groups in total. The van der Waals surface area contributed by atoms with Crippen molar-refractivity contribution in [2.75, 3.05) is 13.6 Å². The second kappa shape index (κ2) is 4.61. The molecule has 2 unspecified atom stereocenters. The summed E-state index contributed by atoms with van der Waals surface area (Å²) in [6, 6.07) is 4.05. The Hall–Kier alpha value is -1.42. The summed E-state index contributed by atoms with van der Waals surface area (Å²) < 4.78 is 0. The van der Waals surface area contributed by atoms with Gasteiger partial charge in [-0.25, -0.2) is 0 Å². The highest BCUT2D eigenvalue weighted by molar-refractivity contribution is 5.84. The highest BCUT2D eigenvalue weighted by Gasteiger charge is 2.33. The molecule has 1 amide bonds. The molecule has 0 spiro atoms. The fraction of sp³-hybridized carbons (Fsp3) is 0.500. The van der Waals surface area contributed by atoms with Crippen molar-refractivity contribution < 1.29 is 4.79 Å². The van der Waals surface area contributed by atoms with E-state index in [-0.39, 0.29) is 18.0 Å². The van der Waals surface area contributed by atoms with Gasteiger partial charge in [-0.2, -0.15) is 0 Å². The summed E-state index contributed by atoms with van der Waals surface area (Å²) in [6.45, 7) is 2.89. The number of hydrogen-bond acceptors (Lipinski definition) is 3. The van der Waals surface area contributed by atoms with E-state index in [0.29, 0.717) is 0 Å². The average Bonchev–Trinajstić information content (AvgIpc) is 2.70. The number of rotatable bonds is 3. The quantitative estimate of drug-likeness (QED) is 0.823. The Labute approximate surface area is 95.7 Å². The van der Waals surface area contributed by atoms with Crippen LogP contribution >= 0.6 is 0 Å². The normalized spacial score (nSPS) is 22.5. The van der Waals surface area contributed by atoms with E-state index in [4.69, 9.17) is 0 Å². The first-order chi connectivity index (χ1) is 7.74. The van der Waals surface area contributed by atoms with Gasteiger partial charge < -0.3 is 10.2 Å². The Morgan fingerprint density at radius 1 is 1.50 bits per heavy atom. The van der Waals surface area contributed by atoms with Crippen molar-refractivity contribution in [3.05, 3.63) is 30.1 Å². The van der Waals surface area contributed by atoms with Crippen LogP contribution in [0.1, 0.15) is 24.9 Å². The van der Waals surface area contributed by atoms with Crippen molar-refractivity contribution in [3.8, 4) is 0 Å². The molecule has 0 aromatic carbocycles. The van der Waals surface area contributed by atoms with Gasteiger partial charge in [-0.1, -0.05) is 0 Å². The number of amides is 1. The Morgan fingerprint density at radius 3 is 2.75 bits per heavy atom. The molecule has 1 aliphatic rings. The van der Waals surface area contributed by atoms with Crippen LogP contribution in [0.15, 0.2) is 24.5 Å². The summed E-state index contributed by atoms with van der Waals surface area (Å²) in [4.78, 5) is 17.9. The monoisotopic (exact) mass is 219 g/mol. The van der Waals surface area contributed by atoms with Crippen LogP contribution in [0.2, 0.25) is 0 Å². The molecule has 2 rings (SSSR count). The van der Waals surface area contributed by atoms with Crippen molar-refractivity contribution in [3.63, 3.8) is 0 Å². The third-order valence-electron chi connectivity index (χ3n) is 3.24. The van der Waals surface area contributed by atoms with Gasteiger partial charge in [0, 0.05) is 18.9 Å². The SMILES string of the molecule is CNC1CCN(C(C)c2ccncc2)C1=O. The van der Waals surface area contributed by atoms with Gasteiger partial charge in [0.25, 0.3) is 0 Å². The van der Waals surface area contributed by atoms with Crippen molar-refractivity contribution in [1.82, 2.24) is 15.2 Å². The molecule has 0 radical (unpaired) electrons. The third kappa shape index (κ3) is 1.93. The third-order valence-corrected chi connectivity index (χ3v) is 3.24. The molecule has 2 atom stereocenters. The molecule has 16 heavy (non-hydrogen) atoms. The zero-order chi connectivity index (χ0) is 11.5. The van der Waals surface area contributed by atoms with Crippen molar-refractivity contribution in [2.24, 2.45) is 0 Å². The maximum Gasteiger partial charge on any atom is 0.240 e. The summed E-state index contributed by atoms with van der Waals surface area (Å²) in [6.07, 6.45) is 4.43. The summed E-state index contributed by atoms with van der Waals surface area (Å²) in [7, 11) is 1.84. The lowest BCUT2D eigenvalue weighted by Gasteiger charge is -2.25. The Morgan fingerprint density at radius 2 is 2.19 bits per heavy atom. The van der Waals surface area contributed by atoms with Crippen LogP contribution < -0.4 is 5.32 Å². The Bertz CT molecular complexity index is 366. The van der Waals surface area contributed by atoms with E-state index >= 15 is 0 Å². The first kappa shape index (κ1) is 11.1. The second-order valence-electron chi connectivity index (χ2n) is 4.12. The largest absolute Gasteiger partial charge is 0.335 e. The fourth-order valence-corrected chi connectivity index (χ4v) is 2.18. The summed E-state index contributed by atoms with van der Waals surface area (Å²) >= 11 is 0. The Kier molecular flexibility index (Phi) is 3.19. The number of pyridine rings is 1. The number of nitrogens with one attached hydrogen (secondary N) is 1. The van der Waals surface area contributed by atoms with Crippen molar-refractivity contribution >= 4 is 5.91 Å². The van der Waals surface area contributed by atoms with Crippen molar-refractivity contribution in [2.45, 2.75) is 25.4 Å². The molecule has 1 fully saturated rings. The number of aromatic nitrogens is 1. The molecular formula is C12H17N3O. The van der Waals surface area contributed by atoms with E-state index in [2.05, 4.69) is 17.2 Å². The summed E-state index contributed by atoms with van der Waals surface area (Å²) in [5.74, 6) is 0.201. The predicted octanol–water partition coefficient (Wildman–Crippen LogP) is 0.963. The molecule has 0 aliphatic carbocycles. The van der Waals surface area contributed by atoms with Crippen LogP contribution in [0.4, 0.5) is 0 Å². The maximum absolute atomic E-state index is 12.0.